The molecule has 0 saturated heterocycles. The minimum atomic E-state index is -0.0941. The molecule has 1 N–H and O–H groups in total. The summed E-state index contributed by atoms with van der Waals surface area (Å²) < 4.78 is 1.82. The number of aryl methyl sites for hydroxylation is 2. The second-order valence-corrected chi connectivity index (χ2v) is 7.94. The van der Waals surface area contributed by atoms with Crippen molar-refractivity contribution in [3.05, 3.63) is 69.7 Å². The van der Waals surface area contributed by atoms with Crippen LogP contribution in [-0.2, 0) is 11.2 Å². The molecule has 0 spiro atoms. The molecule has 6 heteroatoms. The number of hydrogen-bond acceptors (Lipinski definition) is 4. The van der Waals surface area contributed by atoms with E-state index >= 15 is 0 Å². The van der Waals surface area contributed by atoms with Gasteiger partial charge in [0.2, 0.25) is 5.91 Å². The van der Waals surface area contributed by atoms with E-state index in [9.17, 15) is 9.59 Å². The SMILES string of the molecule is Cc1cc(C(=O)CCC(=O)NCCc2cnn(-c3ccccc3)c2)c(C)s1. The Balaban J connectivity index is 1.42. The summed E-state index contributed by atoms with van der Waals surface area (Å²) in [6.45, 7) is 4.46. The third kappa shape index (κ3) is 5.14. The summed E-state index contributed by atoms with van der Waals surface area (Å²) in [4.78, 5) is 26.4. The third-order valence-corrected chi connectivity index (χ3v) is 5.28. The summed E-state index contributed by atoms with van der Waals surface area (Å²) in [5, 5.41) is 7.23. The predicted octanol–water partition coefficient (Wildman–Crippen LogP) is 3.87. The second kappa shape index (κ2) is 8.77. The first-order valence-electron chi connectivity index (χ1n) is 8.99. The van der Waals surface area contributed by atoms with Gasteiger partial charge >= 0.3 is 0 Å². The van der Waals surface area contributed by atoms with Gasteiger partial charge in [0.25, 0.3) is 0 Å². The summed E-state index contributed by atoms with van der Waals surface area (Å²) in [5.41, 5.74) is 2.81. The van der Waals surface area contributed by atoms with E-state index in [-0.39, 0.29) is 24.5 Å². The maximum Gasteiger partial charge on any atom is 0.220 e. The first-order valence-corrected chi connectivity index (χ1v) is 9.80. The molecule has 0 bridgehead atoms. The van der Waals surface area contributed by atoms with Crippen LogP contribution in [-0.4, -0.2) is 28.0 Å². The van der Waals surface area contributed by atoms with E-state index in [0.717, 1.165) is 26.6 Å². The lowest BCUT2D eigenvalue weighted by Crippen LogP contribution is -2.26. The fourth-order valence-corrected chi connectivity index (χ4v) is 3.86. The molecule has 0 radical (unpaired) electrons. The monoisotopic (exact) mass is 381 g/mol. The number of rotatable bonds is 8. The smallest absolute Gasteiger partial charge is 0.220 e. The summed E-state index contributed by atoms with van der Waals surface area (Å²) in [7, 11) is 0. The molecule has 0 saturated carbocycles. The summed E-state index contributed by atoms with van der Waals surface area (Å²) in [5.74, 6) is -0.0560. The van der Waals surface area contributed by atoms with Crippen LogP contribution in [0.3, 0.4) is 0 Å². The number of ketones is 1. The number of para-hydroxylation sites is 1. The van der Waals surface area contributed by atoms with Gasteiger partial charge in [-0.15, -0.1) is 11.3 Å². The Bertz CT molecular complexity index is 928. The lowest BCUT2D eigenvalue weighted by Gasteiger charge is -2.04. The van der Waals surface area contributed by atoms with Crippen LogP contribution in [0, 0.1) is 13.8 Å². The van der Waals surface area contributed by atoms with E-state index in [2.05, 4.69) is 10.4 Å². The molecular weight excluding hydrogens is 358 g/mol. The molecule has 1 amide bonds. The van der Waals surface area contributed by atoms with Crippen molar-refractivity contribution < 1.29 is 9.59 Å². The van der Waals surface area contributed by atoms with E-state index in [4.69, 9.17) is 0 Å². The Morgan fingerprint density at radius 3 is 2.63 bits per heavy atom. The normalized spacial score (nSPS) is 10.7. The van der Waals surface area contributed by atoms with Crippen LogP contribution >= 0.6 is 11.3 Å². The fourth-order valence-electron chi connectivity index (χ4n) is 2.92. The number of amides is 1. The highest BCUT2D eigenvalue weighted by atomic mass is 32.1. The average molecular weight is 382 g/mol. The molecule has 2 aromatic heterocycles. The Kier molecular flexibility index (Phi) is 6.19. The van der Waals surface area contributed by atoms with Crippen molar-refractivity contribution in [2.24, 2.45) is 0 Å². The van der Waals surface area contributed by atoms with Gasteiger partial charge in [0, 0.05) is 40.9 Å². The maximum absolute atomic E-state index is 12.2. The largest absolute Gasteiger partial charge is 0.356 e. The number of hydrogen-bond donors (Lipinski definition) is 1. The van der Waals surface area contributed by atoms with E-state index in [1.165, 1.54) is 0 Å². The van der Waals surface area contributed by atoms with Crippen LogP contribution in [0.4, 0.5) is 0 Å². The maximum atomic E-state index is 12.2. The zero-order valence-electron chi connectivity index (χ0n) is 15.6. The summed E-state index contributed by atoms with van der Waals surface area (Å²) >= 11 is 1.61. The molecule has 0 aliphatic rings. The number of Topliss-reactive ketones (excluding diaryl/α,β-unsaturated/α-hetero) is 1. The molecule has 0 atom stereocenters. The molecule has 0 unspecified atom stereocenters. The molecule has 2 heterocycles. The van der Waals surface area contributed by atoms with E-state index in [1.807, 2.05) is 67.3 Å². The van der Waals surface area contributed by atoms with Crippen molar-refractivity contribution in [3.63, 3.8) is 0 Å². The van der Waals surface area contributed by atoms with Gasteiger partial charge in [0.05, 0.1) is 11.9 Å². The molecule has 0 aliphatic heterocycles. The number of benzene rings is 1. The lowest BCUT2D eigenvalue weighted by molar-refractivity contribution is -0.121. The van der Waals surface area contributed by atoms with Gasteiger partial charge in [-0.05, 0) is 44.0 Å². The summed E-state index contributed by atoms with van der Waals surface area (Å²) in [6.07, 6.45) is 4.94. The van der Waals surface area contributed by atoms with Gasteiger partial charge < -0.3 is 5.32 Å². The van der Waals surface area contributed by atoms with Gasteiger partial charge in [-0.25, -0.2) is 4.68 Å². The molecule has 0 fully saturated rings. The Hall–Kier alpha value is -2.73. The molecule has 0 aliphatic carbocycles. The Labute approximate surface area is 163 Å². The number of carbonyl (C=O) groups excluding carboxylic acids is 2. The fraction of sp³-hybridized carbons (Fsp3) is 0.286. The van der Waals surface area contributed by atoms with E-state index in [1.54, 1.807) is 11.3 Å². The standard InChI is InChI=1S/C21H23N3O2S/c1-15-12-19(16(2)27-15)20(25)8-9-21(26)22-11-10-17-13-23-24(14-17)18-6-4-3-5-7-18/h3-7,12-14H,8-11H2,1-2H3,(H,22,26). The van der Waals surface area contributed by atoms with Crippen molar-refractivity contribution in [1.82, 2.24) is 15.1 Å². The van der Waals surface area contributed by atoms with E-state index < -0.39 is 0 Å². The zero-order valence-corrected chi connectivity index (χ0v) is 16.4. The third-order valence-electron chi connectivity index (χ3n) is 4.31. The number of carbonyl (C=O) groups is 2. The molecular formula is C21H23N3O2S. The van der Waals surface area contributed by atoms with Crippen LogP contribution in [0.2, 0.25) is 0 Å². The second-order valence-electron chi connectivity index (χ2n) is 6.48. The first kappa shape index (κ1) is 19.0. The van der Waals surface area contributed by atoms with Crippen LogP contribution in [0.25, 0.3) is 5.69 Å². The molecule has 3 aromatic rings. The highest BCUT2D eigenvalue weighted by Gasteiger charge is 2.13. The lowest BCUT2D eigenvalue weighted by atomic mass is 10.1. The predicted molar refractivity (Wildman–Crippen MR) is 108 cm³/mol. The number of thiophene rings is 1. The first-order chi connectivity index (χ1) is 13.0. The Morgan fingerprint density at radius 1 is 1.15 bits per heavy atom. The zero-order chi connectivity index (χ0) is 19.2. The number of nitrogens with zero attached hydrogens (tertiary/aromatic N) is 2. The van der Waals surface area contributed by atoms with Crippen LogP contribution in [0.15, 0.2) is 48.8 Å². The van der Waals surface area contributed by atoms with Gasteiger partial charge in [-0.2, -0.15) is 5.10 Å². The van der Waals surface area contributed by atoms with Gasteiger partial charge in [-0.1, -0.05) is 18.2 Å². The molecule has 1 aromatic carbocycles. The quantitative estimate of drug-likeness (QED) is 0.603. The van der Waals surface area contributed by atoms with Crippen molar-refractivity contribution in [2.75, 3.05) is 6.54 Å². The summed E-state index contributed by atoms with van der Waals surface area (Å²) in [6, 6.07) is 11.8. The van der Waals surface area contributed by atoms with Gasteiger partial charge in [-0.3, -0.25) is 9.59 Å². The van der Waals surface area contributed by atoms with Gasteiger partial charge in [0.1, 0.15) is 0 Å². The molecule has 5 nitrogen and oxygen atoms in total. The number of nitrogens with one attached hydrogen (secondary N) is 1. The molecule has 140 valence electrons. The number of aromatic nitrogens is 2. The van der Waals surface area contributed by atoms with Crippen LogP contribution < -0.4 is 5.32 Å². The highest BCUT2D eigenvalue weighted by Crippen LogP contribution is 2.22. The highest BCUT2D eigenvalue weighted by molar-refractivity contribution is 7.12. The van der Waals surface area contributed by atoms with Crippen molar-refractivity contribution >= 4 is 23.0 Å². The van der Waals surface area contributed by atoms with Crippen molar-refractivity contribution in [1.29, 1.82) is 0 Å². The van der Waals surface area contributed by atoms with E-state index in [0.29, 0.717) is 13.0 Å². The van der Waals surface area contributed by atoms with Gasteiger partial charge in [0.15, 0.2) is 5.78 Å². The molecule has 27 heavy (non-hydrogen) atoms. The molecule has 3 rings (SSSR count). The minimum Gasteiger partial charge on any atom is -0.356 e. The topological polar surface area (TPSA) is 64.0 Å². The average Bonchev–Trinajstić information content (AvgIpc) is 3.26. The Morgan fingerprint density at radius 2 is 1.93 bits per heavy atom. The van der Waals surface area contributed by atoms with Crippen LogP contribution in [0.1, 0.15) is 38.5 Å². The van der Waals surface area contributed by atoms with Crippen molar-refractivity contribution in [3.8, 4) is 5.69 Å². The van der Waals surface area contributed by atoms with Crippen LogP contribution in [0.5, 0.6) is 0 Å². The van der Waals surface area contributed by atoms with Crippen molar-refractivity contribution in [2.45, 2.75) is 33.1 Å². The minimum absolute atomic E-state index is 0.0381.